The Balaban J connectivity index is 1.17. The van der Waals surface area contributed by atoms with E-state index in [0.717, 1.165) is 11.4 Å². The molecule has 0 atom stereocenters. The first-order valence-electron chi connectivity index (χ1n) is 17.2. The summed E-state index contributed by atoms with van der Waals surface area (Å²) >= 11 is 0. The fraction of sp³-hybridized carbons (Fsp3) is 0. The summed E-state index contributed by atoms with van der Waals surface area (Å²) in [5.41, 5.74) is 14.5. The van der Waals surface area contributed by atoms with E-state index in [0.29, 0.717) is 0 Å². The van der Waals surface area contributed by atoms with Gasteiger partial charge in [0.15, 0.2) is 0 Å². The summed E-state index contributed by atoms with van der Waals surface area (Å²) in [6.07, 6.45) is 0. The summed E-state index contributed by atoms with van der Waals surface area (Å²) < 4.78 is 4.83. The molecular weight excluding hydrogens is 605 g/mol. The van der Waals surface area contributed by atoms with Crippen LogP contribution in [0.25, 0.3) is 88.4 Å². The molecule has 2 heterocycles. The van der Waals surface area contributed by atoms with Gasteiger partial charge in [0.2, 0.25) is 0 Å². The minimum atomic E-state index is 1.16. The highest BCUT2D eigenvalue weighted by Gasteiger charge is 2.18. The Morgan fingerprint density at radius 3 is 1.50 bits per heavy atom. The van der Waals surface area contributed by atoms with Gasteiger partial charge >= 0.3 is 0 Å². The van der Waals surface area contributed by atoms with Gasteiger partial charge in [-0.25, -0.2) is 0 Å². The monoisotopic (exact) mass is 636 g/mol. The van der Waals surface area contributed by atoms with Crippen molar-refractivity contribution in [2.45, 2.75) is 0 Å². The number of para-hydroxylation sites is 3. The molecule has 2 aromatic heterocycles. The molecule has 0 unspecified atom stereocenters. The quantitative estimate of drug-likeness (QED) is 0.178. The highest BCUT2D eigenvalue weighted by molar-refractivity contribution is 6.15. The molecule has 0 N–H and O–H groups in total. The topological polar surface area (TPSA) is 9.86 Å². The lowest BCUT2D eigenvalue weighted by atomic mass is 9.99. The van der Waals surface area contributed by atoms with Crippen molar-refractivity contribution in [3.05, 3.63) is 194 Å². The van der Waals surface area contributed by atoms with Crippen molar-refractivity contribution >= 4 is 43.6 Å². The molecule has 0 saturated heterocycles. The Morgan fingerprint density at radius 1 is 0.260 bits per heavy atom. The normalized spacial score (nSPS) is 11.6. The lowest BCUT2D eigenvalue weighted by Crippen LogP contribution is -1.95. The van der Waals surface area contributed by atoms with Crippen LogP contribution in [0.1, 0.15) is 0 Å². The van der Waals surface area contributed by atoms with Gasteiger partial charge in [-0.2, -0.15) is 0 Å². The van der Waals surface area contributed by atoms with Crippen LogP contribution in [-0.2, 0) is 0 Å². The Kier molecular flexibility index (Phi) is 6.53. The number of rotatable bonds is 5. The second-order valence-electron chi connectivity index (χ2n) is 13.0. The lowest BCUT2D eigenvalue weighted by Gasteiger charge is -2.12. The molecule has 0 amide bonds. The van der Waals surface area contributed by atoms with E-state index in [2.05, 4.69) is 203 Å². The summed E-state index contributed by atoms with van der Waals surface area (Å²) in [6.45, 7) is 0. The van der Waals surface area contributed by atoms with Gasteiger partial charge in [0.25, 0.3) is 0 Å². The van der Waals surface area contributed by atoms with Crippen LogP contribution in [-0.4, -0.2) is 9.13 Å². The third-order valence-electron chi connectivity index (χ3n) is 10.1. The molecule has 234 valence electrons. The van der Waals surface area contributed by atoms with Gasteiger partial charge in [0.1, 0.15) is 0 Å². The van der Waals surface area contributed by atoms with Gasteiger partial charge in [-0.15, -0.1) is 0 Å². The highest BCUT2D eigenvalue weighted by atomic mass is 15.0. The van der Waals surface area contributed by atoms with Crippen molar-refractivity contribution in [3.63, 3.8) is 0 Å². The van der Waals surface area contributed by atoms with Crippen LogP contribution in [0.5, 0.6) is 0 Å². The third kappa shape index (κ3) is 4.50. The summed E-state index contributed by atoms with van der Waals surface area (Å²) in [4.78, 5) is 0. The van der Waals surface area contributed by atoms with Crippen LogP contribution in [0.15, 0.2) is 194 Å². The van der Waals surface area contributed by atoms with Crippen LogP contribution >= 0.6 is 0 Å². The summed E-state index contributed by atoms with van der Waals surface area (Å²) in [7, 11) is 0. The molecule has 50 heavy (non-hydrogen) atoms. The predicted octanol–water partition coefficient (Wildman–Crippen LogP) is 12.9. The minimum absolute atomic E-state index is 1.16. The summed E-state index contributed by atoms with van der Waals surface area (Å²) in [5, 5.41) is 5.01. The Bertz CT molecular complexity index is 2840. The molecule has 0 fully saturated rings. The maximum absolute atomic E-state index is 2.43. The molecular formula is C48H32N2. The molecule has 10 aromatic rings. The first kappa shape index (κ1) is 28.4. The van der Waals surface area contributed by atoms with Crippen molar-refractivity contribution in [3.8, 4) is 44.8 Å². The van der Waals surface area contributed by atoms with Gasteiger partial charge in [0, 0.05) is 38.5 Å². The summed E-state index contributed by atoms with van der Waals surface area (Å²) in [5.74, 6) is 0. The molecule has 8 aromatic carbocycles. The number of hydrogen-bond acceptors (Lipinski definition) is 0. The molecule has 0 aliphatic carbocycles. The van der Waals surface area contributed by atoms with Gasteiger partial charge in [0.05, 0.1) is 22.1 Å². The van der Waals surface area contributed by atoms with Crippen LogP contribution in [0.4, 0.5) is 0 Å². The molecule has 0 aliphatic rings. The van der Waals surface area contributed by atoms with E-state index < -0.39 is 0 Å². The smallest absolute Gasteiger partial charge is 0.0619 e. The molecule has 0 spiro atoms. The van der Waals surface area contributed by atoms with Gasteiger partial charge < -0.3 is 9.13 Å². The zero-order valence-corrected chi connectivity index (χ0v) is 27.4. The van der Waals surface area contributed by atoms with Crippen LogP contribution < -0.4 is 0 Å². The van der Waals surface area contributed by atoms with Gasteiger partial charge in [-0.3, -0.25) is 0 Å². The minimum Gasteiger partial charge on any atom is -0.309 e. The average molecular weight is 637 g/mol. The molecule has 2 nitrogen and oxygen atoms in total. The van der Waals surface area contributed by atoms with E-state index in [4.69, 9.17) is 0 Å². The van der Waals surface area contributed by atoms with E-state index in [1.54, 1.807) is 0 Å². The second-order valence-corrected chi connectivity index (χ2v) is 13.0. The van der Waals surface area contributed by atoms with Crippen molar-refractivity contribution in [2.75, 3.05) is 0 Å². The number of fused-ring (bicyclic) bond motifs is 6. The second kappa shape index (κ2) is 11.5. The molecule has 0 saturated carbocycles. The van der Waals surface area contributed by atoms with Crippen LogP contribution in [0.3, 0.4) is 0 Å². The first-order valence-corrected chi connectivity index (χ1v) is 17.2. The fourth-order valence-electron chi connectivity index (χ4n) is 7.83. The van der Waals surface area contributed by atoms with Crippen molar-refractivity contribution in [2.24, 2.45) is 0 Å². The third-order valence-corrected chi connectivity index (χ3v) is 10.1. The van der Waals surface area contributed by atoms with E-state index in [9.17, 15) is 0 Å². The first-order chi connectivity index (χ1) is 24.8. The number of benzene rings is 8. The highest BCUT2D eigenvalue weighted by Crippen LogP contribution is 2.41. The van der Waals surface area contributed by atoms with Crippen molar-refractivity contribution in [1.29, 1.82) is 0 Å². The molecule has 2 heteroatoms. The largest absolute Gasteiger partial charge is 0.309 e. The average Bonchev–Trinajstić information content (AvgIpc) is 3.71. The van der Waals surface area contributed by atoms with Crippen molar-refractivity contribution in [1.82, 2.24) is 9.13 Å². The lowest BCUT2D eigenvalue weighted by molar-refractivity contribution is 1.18. The fourth-order valence-corrected chi connectivity index (χ4v) is 7.83. The SMILES string of the molecule is c1ccc(-c2cccc(-n3c4ccccc4c4cc(-c5ccc6c(c5)c5cccc(-c7ccccc7)c5n6-c5ccccc5)ccc43)c2)cc1. The van der Waals surface area contributed by atoms with Crippen LogP contribution in [0, 0.1) is 0 Å². The van der Waals surface area contributed by atoms with Crippen LogP contribution in [0.2, 0.25) is 0 Å². The zero-order chi connectivity index (χ0) is 33.0. The Morgan fingerprint density at radius 2 is 0.760 bits per heavy atom. The summed E-state index contributed by atoms with van der Waals surface area (Å²) in [6, 6.07) is 70.4. The van der Waals surface area contributed by atoms with E-state index in [1.165, 1.54) is 77.0 Å². The molecule has 0 aliphatic heterocycles. The van der Waals surface area contributed by atoms with Gasteiger partial charge in [-0.1, -0.05) is 140 Å². The zero-order valence-electron chi connectivity index (χ0n) is 27.4. The Hall–Kier alpha value is -6.64. The number of hydrogen-bond donors (Lipinski definition) is 0. The van der Waals surface area contributed by atoms with E-state index in [1.807, 2.05) is 0 Å². The maximum atomic E-state index is 2.43. The standard InChI is InChI=1S/C48H32N2/c1-4-14-33(15-5-1)35-18-12-21-39(30-35)49-45-25-11-10-22-41(45)43-31-36(26-28-46(43)49)37-27-29-47-44(32-37)42-24-13-23-40(34-16-6-2-7-17-34)48(42)50(47)38-19-8-3-9-20-38/h1-32H. The van der Waals surface area contributed by atoms with E-state index >= 15 is 0 Å². The molecule has 10 rings (SSSR count). The Labute approximate surface area is 290 Å². The number of aromatic nitrogens is 2. The predicted molar refractivity (Wildman–Crippen MR) is 211 cm³/mol. The molecule has 0 bridgehead atoms. The number of nitrogens with zero attached hydrogens (tertiary/aromatic N) is 2. The maximum Gasteiger partial charge on any atom is 0.0619 e. The molecule has 0 radical (unpaired) electrons. The van der Waals surface area contributed by atoms with Crippen molar-refractivity contribution < 1.29 is 0 Å². The van der Waals surface area contributed by atoms with Gasteiger partial charge in [-0.05, 0) is 82.4 Å². The van der Waals surface area contributed by atoms with E-state index in [-0.39, 0.29) is 0 Å².